The van der Waals surface area contributed by atoms with Crippen LogP contribution in [-0.4, -0.2) is 31.1 Å². The lowest BCUT2D eigenvalue weighted by Crippen LogP contribution is -2.23. The number of hydrogen-bond acceptors (Lipinski definition) is 7. The van der Waals surface area contributed by atoms with Gasteiger partial charge in [0, 0.05) is 19.4 Å². The van der Waals surface area contributed by atoms with E-state index < -0.39 is 5.97 Å². The molecular weight excluding hydrogens is 404 g/mol. The molecule has 0 unspecified atom stereocenters. The molecule has 30 heavy (non-hydrogen) atoms. The average Bonchev–Trinajstić information content (AvgIpc) is 3.21. The summed E-state index contributed by atoms with van der Waals surface area (Å²) in [5.41, 5.74) is 2.48. The van der Waals surface area contributed by atoms with Crippen molar-refractivity contribution in [2.24, 2.45) is 0 Å². The first-order valence-corrected chi connectivity index (χ1v) is 10.0. The zero-order chi connectivity index (χ0) is 21.5. The lowest BCUT2D eigenvalue weighted by Gasteiger charge is -2.20. The smallest absolute Gasteiger partial charge is 0.338 e. The van der Waals surface area contributed by atoms with E-state index in [2.05, 4.69) is 4.98 Å². The molecule has 1 amide bonds. The number of carbonyl (C=O) groups excluding carboxylic acids is 2. The molecule has 0 radical (unpaired) electrons. The molecule has 3 aromatic rings. The number of amides is 1. The van der Waals surface area contributed by atoms with Crippen LogP contribution in [-0.2, 0) is 27.5 Å². The first-order chi connectivity index (χ1) is 14.5. The van der Waals surface area contributed by atoms with Crippen LogP contribution >= 0.6 is 11.3 Å². The first kappa shape index (κ1) is 21.5. The third-order valence-electron chi connectivity index (χ3n) is 4.20. The molecule has 0 N–H and O–H groups in total. The number of hydrogen-bond donors (Lipinski definition) is 0. The molecule has 0 aliphatic rings. The summed E-state index contributed by atoms with van der Waals surface area (Å²) in [4.78, 5) is 30.6. The highest BCUT2D eigenvalue weighted by Gasteiger charge is 2.21. The number of methoxy groups -OCH3 is 2. The van der Waals surface area contributed by atoms with Crippen molar-refractivity contribution in [3.8, 4) is 5.75 Å². The summed E-state index contributed by atoms with van der Waals surface area (Å²) < 4.78 is 15.8. The molecule has 8 heteroatoms. The van der Waals surface area contributed by atoms with E-state index in [1.54, 1.807) is 49.9 Å². The lowest BCUT2D eigenvalue weighted by atomic mass is 10.1. The molecule has 156 valence electrons. The van der Waals surface area contributed by atoms with E-state index in [4.69, 9.17) is 14.2 Å². The van der Waals surface area contributed by atoms with Crippen molar-refractivity contribution in [3.05, 3.63) is 70.7 Å². The Balaban J connectivity index is 1.73. The number of esters is 1. The van der Waals surface area contributed by atoms with Gasteiger partial charge in [0.25, 0.3) is 0 Å². The number of para-hydroxylation sites is 2. The summed E-state index contributed by atoms with van der Waals surface area (Å²) in [7, 11) is 3.14. The Morgan fingerprint density at radius 2 is 1.87 bits per heavy atom. The lowest BCUT2D eigenvalue weighted by molar-refractivity contribution is -0.115. The van der Waals surface area contributed by atoms with Crippen LogP contribution in [0.1, 0.15) is 28.5 Å². The highest BCUT2D eigenvalue weighted by molar-refractivity contribution is 7.14. The maximum atomic E-state index is 12.4. The third-order valence-corrected chi connectivity index (χ3v) is 5.07. The highest BCUT2D eigenvalue weighted by atomic mass is 32.1. The van der Waals surface area contributed by atoms with Gasteiger partial charge < -0.3 is 14.2 Å². The number of carbonyl (C=O) groups is 2. The van der Waals surface area contributed by atoms with Gasteiger partial charge in [0.15, 0.2) is 5.13 Å². The topological polar surface area (TPSA) is 78.0 Å². The molecule has 1 heterocycles. The van der Waals surface area contributed by atoms with Gasteiger partial charge in [-0.05, 0) is 29.8 Å². The van der Waals surface area contributed by atoms with Gasteiger partial charge in [0.1, 0.15) is 12.4 Å². The Bertz CT molecular complexity index is 1030. The fourth-order valence-corrected chi connectivity index (χ4v) is 3.73. The van der Waals surface area contributed by atoms with E-state index in [1.807, 2.05) is 18.2 Å². The molecular formula is C22H22N2O5S. The van der Waals surface area contributed by atoms with Crippen LogP contribution < -0.4 is 9.64 Å². The second kappa shape index (κ2) is 10.00. The number of ether oxygens (including phenoxy) is 3. The van der Waals surface area contributed by atoms with E-state index >= 15 is 0 Å². The van der Waals surface area contributed by atoms with Gasteiger partial charge in [-0.3, -0.25) is 9.69 Å². The Kier molecular flexibility index (Phi) is 7.16. The van der Waals surface area contributed by atoms with Gasteiger partial charge in [-0.1, -0.05) is 24.3 Å². The minimum atomic E-state index is -0.448. The molecule has 3 rings (SSSR count). The predicted octanol–water partition coefficient (Wildman–Crippen LogP) is 4.34. The van der Waals surface area contributed by atoms with Gasteiger partial charge in [0.2, 0.25) is 5.91 Å². The molecule has 0 spiro atoms. The third kappa shape index (κ3) is 5.03. The van der Waals surface area contributed by atoms with Gasteiger partial charge in [-0.2, -0.15) is 0 Å². The minimum absolute atomic E-state index is 0.00150. The number of nitrogens with zero attached hydrogens (tertiary/aromatic N) is 2. The van der Waals surface area contributed by atoms with Crippen LogP contribution in [0, 0.1) is 0 Å². The molecule has 0 fully saturated rings. The van der Waals surface area contributed by atoms with Crippen LogP contribution in [0.5, 0.6) is 5.75 Å². The molecule has 0 saturated carbocycles. The maximum Gasteiger partial charge on any atom is 0.338 e. The Morgan fingerprint density at radius 1 is 1.07 bits per heavy atom. The zero-order valence-electron chi connectivity index (χ0n) is 17.0. The molecule has 7 nitrogen and oxygen atoms in total. The Labute approximate surface area is 178 Å². The number of aromatic nitrogens is 1. The summed E-state index contributed by atoms with van der Waals surface area (Å²) in [5, 5.41) is 2.23. The zero-order valence-corrected chi connectivity index (χ0v) is 17.8. The van der Waals surface area contributed by atoms with Crippen molar-refractivity contribution in [2.45, 2.75) is 20.1 Å². The van der Waals surface area contributed by atoms with Gasteiger partial charge in [-0.25, -0.2) is 9.78 Å². The highest BCUT2D eigenvalue weighted by Crippen LogP contribution is 2.35. The van der Waals surface area contributed by atoms with E-state index in [0.717, 1.165) is 5.56 Å². The first-order valence-electron chi connectivity index (χ1n) is 9.16. The Hall–Kier alpha value is -3.23. The number of rotatable bonds is 8. The Morgan fingerprint density at radius 3 is 2.60 bits per heavy atom. The van der Waals surface area contributed by atoms with E-state index in [9.17, 15) is 9.59 Å². The van der Waals surface area contributed by atoms with Gasteiger partial charge in [-0.15, -0.1) is 11.3 Å². The van der Waals surface area contributed by atoms with Crippen LogP contribution in [0.4, 0.5) is 10.8 Å². The molecule has 0 bridgehead atoms. The van der Waals surface area contributed by atoms with Crippen molar-refractivity contribution in [3.63, 3.8) is 0 Å². The summed E-state index contributed by atoms with van der Waals surface area (Å²) in [6.07, 6.45) is 0. The van der Waals surface area contributed by atoms with Crippen molar-refractivity contribution in [1.29, 1.82) is 0 Å². The summed E-state index contributed by atoms with van der Waals surface area (Å²) in [5.74, 6) is -0.0881. The quantitative estimate of drug-likeness (QED) is 0.499. The fourth-order valence-electron chi connectivity index (χ4n) is 2.86. The van der Waals surface area contributed by atoms with Crippen LogP contribution in [0.25, 0.3) is 0 Å². The SMILES string of the molecule is COCc1cccc(C(=O)OCc2csc(N(C(C)=O)c3ccccc3OC)n2)c1. The normalized spacial score (nSPS) is 10.5. The van der Waals surface area contributed by atoms with E-state index in [-0.39, 0.29) is 12.5 Å². The maximum absolute atomic E-state index is 12.4. The molecule has 1 aromatic heterocycles. The summed E-state index contributed by atoms with van der Waals surface area (Å²) in [6.45, 7) is 1.88. The minimum Gasteiger partial charge on any atom is -0.495 e. The molecule has 2 aromatic carbocycles. The second-order valence-corrected chi connectivity index (χ2v) is 7.19. The standard InChI is InChI=1S/C22H22N2O5S/c1-15(25)24(19-9-4-5-10-20(19)28-3)22-23-18(14-30-22)13-29-21(26)17-8-6-7-16(11-17)12-27-2/h4-11,14H,12-13H2,1-3H3. The molecule has 0 aliphatic carbocycles. The predicted molar refractivity (Wildman–Crippen MR) is 114 cm³/mol. The van der Waals surface area contributed by atoms with Crippen molar-refractivity contribution in [1.82, 2.24) is 4.98 Å². The largest absolute Gasteiger partial charge is 0.495 e. The van der Waals surface area contributed by atoms with Crippen LogP contribution in [0.2, 0.25) is 0 Å². The fraction of sp³-hybridized carbons (Fsp3) is 0.227. The van der Waals surface area contributed by atoms with Crippen molar-refractivity contribution < 1.29 is 23.8 Å². The molecule has 0 atom stereocenters. The number of benzene rings is 2. The van der Waals surface area contributed by atoms with Crippen molar-refractivity contribution in [2.75, 3.05) is 19.1 Å². The average molecular weight is 426 g/mol. The number of thiazole rings is 1. The second-order valence-electron chi connectivity index (χ2n) is 6.36. The molecule has 0 aliphatic heterocycles. The van der Waals surface area contributed by atoms with E-state index in [0.29, 0.717) is 34.4 Å². The van der Waals surface area contributed by atoms with Crippen molar-refractivity contribution >= 4 is 34.0 Å². The summed E-state index contributed by atoms with van der Waals surface area (Å²) in [6, 6.07) is 14.3. The molecule has 0 saturated heterocycles. The summed E-state index contributed by atoms with van der Waals surface area (Å²) >= 11 is 1.29. The monoisotopic (exact) mass is 426 g/mol. The number of anilines is 2. The van der Waals surface area contributed by atoms with Crippen LogP contribution in [0.15, 0.2) is 53.9 Å². The van der Waals surface area contributed by atoms with Gasteiger partial charge in [0.05, 0.1) is 30.7 Å². The van der Waals surface area contributed by atoms with Gasteiger partial charge >= 0.3 is 5.97 Å². The van der Waals surface area contributed by atoms with Crippen LogP contribution in [0.3, 0.4) is 0 Å². The van der Waals surface area contributed by atoms with E-state index in [1.165, 1.54) is 23.2 Å².